The van der Waals surface area contributed by atoms with Crippen molar-refractivity contribution in [3.05, 3.63) is 35.4 Å². The van der Waals surface area contributed by atoms with E-state index in [9.17, 15) is 4.79 Å². The Kier molecular flexibility index (Phi) is 7.03. The van der Waals surface area contributed by atoms with Gasteiger partial charge in [-0.1, -0.05) is 29.8 Å². The zero-order chi connectivity index (χ0) is 14.8. The first-order valence-corrected chi connectivity index (χ1v) is 6.34. The number of hydrogen-bond acceptors (Lipinski definition) is 5. The number of benzene rings is 1. The van der Waals surface area contributed by atoms with Gasteiger partial charge in [0.1, 0.15) is 6.61 Å². The third-order valence-electron chi connectivity index (χ3n) is 2.86. The summed E-state index contributed by atoms with van der Waals surface area (Å²) in [4.78, 5) is 29.7. The third-order valence-corrected chi connectivity index (χ3v) is 2.86. The van der Waals surface area contributed by atoms with Crippen LogP contribution in [0.15, 0.2) is 24.3 Å². The quantitative estimate of drug-likeness (QED) is 0.871. The first kappa shape index (κ1) is 15.9. The molecular formula is C14H18N2O4. The van der Waals surface area contributed by atoms with E-state index in [-0.39, 0.29) is 12.2 Å². The fraction of sp³-hybridized carbons (Fsp3) is 0.429. The standard InChI is InChI=1S/C13H18N2O2.CO2/c1-11-2-4-12(5-3-11)10-17-13(16)15-8-6-14-7-9-15;2-1-3/h2-5,14H,6-10H2,1H3;. The van der Waals surface area contributed by atoms with Gasteiger partial charge in [0.15, 0.2) is 0 Å². The van der Waals surface area contributed by atoms with Crippen LogP contribution in [0.1, 0.15) is 11.1 Å². The zero-order valence-electron chi connectivity index (χ0n) is 11.4. The van der Waals surface area contributed by atoms with Crippen LogP contribution in [0.25, 0.3) is 0 Å². The van der Waals surface area contributed by atoms with Gasteiger partial charge in [-0.3, -0.25) is 0 Å². The number of nitrogens with one attached hydrogen (secondary N) is 1. The number of rotatable bonds is 2. The van der Waals surface area contributed by atoms with Crippen molar-refractivity contribution in [1.82, 2.24) is 10.2 Å². The van der Waals surface area contributed by atoms with Gasteiger partial charge < -0.3 is 15.0 Å². The summed E-state index contributed by atoms with van der Waals surface area (Å²) in [7, 11) is 0. The maximum Gasteiger partial charge on any atom is 0.410 e. The molecule has 6 heteroatoms. The summed E-state index contributed by atoms with van der Waals surface area (Å²) in [5, 5.41) is 3.20. The fourth-order valence-corrected chi connectivity index (χ4v) is 1.77. The number of ether oxygens (including phenoxy) is 1. The highest BCUT2D eigenvalue weighted by molar-refractivity contribution is 5.67. The first-order valence-electron chi connectivity index (χ1n) is 6.34. The summed E-state index contributed by atoms with van der Waals surface area (Å²) in [6.07, 6.45) is 0.0343. The maximum absolute atomic E-state index is 11.7. The molecule has 1 N–H and O–H groups in total. The van der Waals surface area contributed by atoms with Crippen LogP contribution in [0.4, 0.5) is 4.79 Å². The summed E-state index contributed by atoms with van der Waals surface area (Å²) < 4.78 is 5.27. The van der Waals surface area contributed by atoms with E-state index in [0.717, 1.165) is 31.7 Å². The molecular weight excluding hydrogens is 260 g/mol. The molecule has 1 aliphatic heterocycles. The molecule has 20 heavy (non-hydrogen) atoms. The van der Waals surface area contributed by atoms with Gasteiger partial charge in [0.05, 0.1) is 0 Å². The molecule has 0 spiro atoms. The minimum atomic E-state index is -0.216. The SMILES string of the molecule is Cc1ccc(COC(=O)N2CCNCC2)cc1.O=C=O. The van der Waals surface area contributed by atoms with Gasteiger partial charge >= 0.3 is 12.2 Å². The van der Waals surface area contributed by atoms with Crippen LogP contribution in [0.3, 0.4) is 0 Å². The molecule has 0 aliphatic carbocycles. The summed E-state index contributed by atoms with van der Waals surface area (Å²) in [6.45, 7) is 5.54. The van der Waals surface area contributed by atoms with Crippen molar-refractivity contribution < 1.29 is 19.1 Å². The largest absolute Gasteiger partial charge is 0.445 e. The lowest BCUT2D eigenvalue weighted by Crippen LogP contribution is -2.46. The normalized spacial score (nSPS) is 13.8. The lowest BCUT2D eigenvalue weighted by Gasteiger charge is -2.26. The van der Waals surface area contributed by atoms with Gasteiger partial charge in [0.2, 0.25) is 0 Å². The molecule has 0 bridgehead atoms. The molecule has 0 saturated carbocycles. The number of piperazine rings is 1. The molecule has 1 amide bonds. The van der Waals surface area contributed by atoms with Crippen LogP contribution in [0, 0.1) is 6.92 Å². The Balaban J connectivity index is 0.000000612. The van der Waals surface area contributed by atoms with Crippen LogP contribution in [0.5, 0.6) is 0 Å². The van der Waals surface area contributed by atoms with E-state index >= 15 is 0 Å². The smallest absolute Gasteiger partial charge is 0.410 e. The Morgan fingerprint density at radius 3 is 2.35 bits per heavy atom. The van der Waals surface area contributed by atoms with E-state index in [4.69, 9.17) is 14.3 Å². The molecule has 0 atom stereocenters. The van der Waals surface area contributed by atoms with Crippen LogP contribution in [0.2, 0.25) is 0 Å². The molecule has 6 nitrogen and oxygen atoms in total. The van der Waals surface area contributed by atoms with Crippen molar-refractivity contribution in [3.63, 3.8) is 0 Å². The Morgan fingerprint density at radius 2 is 1.80 bits per heavy atom. The van der Waals surface area contributed by atoms with Gasteiger partial charge in [-0.25, -0.2) is 4.79 Å². The van der Waals surface area contributed by atoms with Crippen molar-refractivity contribution in [2.45, 2.75) is 13.5 Å². The molecule has 108 valence electrons. The second-order valence-corrected chi connectivity index (χ2v) is 4.36. The molecule has 1 aliphatic rings. The summed E-state index contributed by atoms with van der Waals surface area (Å²) >= 11 is 0. The molecule has 1 heterocycles. The van der Waals surface area contributed by atoms with Crippen molar-refractivity contribution >= 4 is 12.2 Å². The summed E-state index contributed by atoms with van der Waals surface area (Å²) in [5.41, 5.74) is 2.24. The van der Waals surface area contributed by atoms with E-state index < -0.39 is 0 Å². The van der Waals surface area contributed by atoms with Gasteiger partial charge in [-0.05, 0) is 12.5 Å². The van der Waals surface area contributed by atoms with Crippen LogP contribution < -0.4 is 5.32 Å². The predicted octanol–water partition coefficient (Wildman–Crippen LogP) is 0.953. The van der Waals surface area contributed by atoms with Crippen molar-refractivity contribution in [2.75, 3.05) is 26.2 Å². The second-order valence-electron chi connectivity index (χ2n) is 4.36. The second kappa shape index (κ2) is 8.85. The molecule has 1 aromatic rings. The number of nitrogens with zero attached hydrogens (tertiary/aromatic N) is 1. The lowest BCUT2D eigenvalue weighted by molar-refractivity contribution is -0.191. The van der Waals surface area contributed by atoms with Crippen molar-refractivity contribution in [3.8, 4) is 0 Å². The molecule has 2 rings (SSSR count). The molecule has 0 unspecified atom stereocenters. The number of aryl methyl sites for hydroxylation is 1. The third kappa shape index (κ3) is 5.65. The average Bonchev–Trinajstić information content (AvgIpc) is 2.48. The average molecular weight is 278 g/mol. The molecule has 0 aromatic heterocycles. The van der Waals surface area contributed by atoms with Crippen molar-refractivity contribution in [1.29, 1.82) is 0 Å². The Hall–Kier alpha value is -2.17. The predicted molar refractivity (Wildman–Crippen MR) is 70.8 cm³/mol. The maximum atomic E-state index is 11.7. The monoisotopic (exact) mass is 278 g/mol. The number of amides is 1. The lowest BCUT2D eigenvalue weighted by atomic mass is 10.2. The number of hydrogen-bond donors (Lipinski definition) is 1. The Bertz CT molecular complexity index is 447. The molecule has 1 fully saturated rings. The van der Waals surface area contributed by atoms with Gasteiger partial charge in [0, 0.05) is 26.2 Å². The van der Waals surface area contributed by atoms with Gasteiger partial charge in [-0.2, -0.15) is 9.59 Å². The zero-order valence-corrected chi connectivity index (χ0v) is 11.4. The Labute approximate surface area is 117 Å². The van der Waals surface area contributed by atoms with E-state index in [1.165, 1.54) is 5.56 Å². The minimum absolute atomic E-state index is 0.216. The summed E-state index contributed by atoms with van der Waals surface area (Å²) in [6, 6.07) is 8.02. The molecule has 0 radical (unpaired) electrons. The van der Waals surface area contributed by atoms with E-state index in [2.05, 4.69) is 5.32 Å². The minimum Gasteiger partial charge on any atom is -0.445 e. The van der Waals surface area contributed by atoms with E-state index in [1.54, 1.807) is 4.90 Å². The summed E-state index contributed by atoms with van der Waals surface area (Å²) in [5.74, 6) is 0. The van der Waals surface area contributed by atoms with E-state index in [0.29, 0.717) is 6.61 Å². The van der Waals surface area contributed by atoms with E-state index in [1.807, 2.05) is 31.2 Å². The highest BCUT2D eigenvalue weighted by atomic mass is 16.6. The van der Waals surface area contributed by atoms with Gasteiger partial charge in [0.25, 0.3) is 0 Å². The molecule has 1 aromatic carbocycles. The highest BCUT2D eigenvalue weighted by Crippen LogP contribution is 2.06. The number of carbonyl (C=O) groups excluding carboxylic acids is 3. The topological polar surface area (TPSA) is 75.7 Å². The highest BCUT2D eigenvalue weighted by Gasteiger charge is 2.16. The Morgan fingerprint density at radius 1 is 1.25 bits per heavy atom. The van der Waals surface area contributed by atoms with Crippen molar-refractivity contribution in [2.24, 2.45) is 0 Å². The molecule has 1 saturated heterocycles. The van der Waals surface area contributed by atoms with Crippen LogP contribution in [-0.2, 0) is 20.9 Å². The fourth-order valence-electron chi connectivity index (χ4n) is 1.77. The van der Waals surface area contributed by atoms with Crippen LogP contribution in [-0.4, -0.2) is 43.3 Å². The number of carbonyl (C=O) groups is 1. The first-order chi connectivity index (χ1) is 9.67. The van der Waals surface area contributed by atoms with Gasteiger partial charge in [-0.15, -0.1) is 0 Å². The van der Waals surface area contributed by atoms with Crippen LogP contribution >= 0.6 is 0 Å².